The van der Waals surface area contributed by atoms with Gasteiger partial charge < -0.3 is 10.6 Å². The predicted molar refractivity (Wildman–Crippen MR) is 73.2 cm³/mol. The number of nitrogens with one attached hydrogen (secondary N) is 2. The zero-order chi connectivity index (χ0) is 14.7. The van der Waals surface area contributed by atoms with Crippen LogP contribution >= 0.6 is 0 Å². The minimum absolute atomic E-state index is 0.0958. The van der Waals surface area contributed by atoms with Crippen molar-refractivity contribution in [3.8, 4) is 5.69 Å². The molecule has 0 saturated heterocycles. The largest absolute Gasteiger partial charge is 0.382 e. The lowest BCUT2D eigenvalue weighted by Gasteiger charge is -2.07. The van der Waals surface area contributed by atoms with Gasteiger partial charge in [0.05, 0.1) is 4.92 Å². The van der Waals surface area contributed by atoms with E-state index in [0.29, 0.717) is 5.69 Å². The van der Waals surface area contributed by atoms with E-state index >= 15 is 0 Å². The van der Waals surface area contributed by atoms with Crippen molar-refractivity contribution < 1.29 is 9.72 Å². The molecule has 2 aromatic rings. The lowest BCUT2D eigenvalue weighted by molar-refractivity contribution is -0.383. The van der Waals surface area contributed by atoms with Crippen LogP contribution in [-0.2, 0) is 0 Å². The highest BCUT2D eigenvalue weighted by Gasteiger charge is 2.21. The number of carbonyl (C=O) groups is 1. The maximum absolute atomic E-state index is 11.5. The number of anilines is 1. The normalized spacial score (nSPS) is 10.1. The average Bonchev–Trinajstić information content (AvgIpc) is 2.95. The molecule has 1 aromatic heterocycles. The zero-order valence-electron chi connectivity index (χ0n) is 11.0. The first-order valence-corrected chi connectivity index (χ1v) is 5.81. The number of hydrogen-bond donors (Lipinski definition) is 2. The van der Waals surface area contributed by atoms with E-state index in [9.17, 15) is 14.9 Å². The van der Waals surface area contributed by atoms with Crippen molar-refractivity contribution in [3.05, 3.63) is 46.3 Å². The number of amides is 1. The summed E-state index contributed by atoms with van der Waals surface area (Å²) < 4.78 is 1.31. The number of nitrogens with zero attached hydrogens (tertiary/aromatic N) is 3. The third-order valence-corrected chi connectivity index (χ3v) is 2.76. The van der Waals surface area contributed by atoms with Crippen LogP contribution in [0.25, 0.3) is 5.69 Å². The summed E-state index contributed by atoms with van der Waals surface area (Å²) in [6.45, 7) is 0. The number of benzene rings is 1. The molecule has 0 aliphatic rings. The number of carbonyl (C=O) groups excluding carboxylic acids is 1. The summed E-state index contributed by atoms with van der Waals surface area (Å²) in [5.41, 5.74) is 0.764. The predicted octanol–water partition coefficient (Wildman–Crippen LogP) is 1.18. The Morgan fingerprint density at radius 2 is 2.10 bits per heavy atom. The lowest BCUT2D eigenvalue weighted by Crippen LogP contribution is -2.18. The van der Waals surface area contributed by atoms with Gasteiger partial charge in [-0.05, 0) is 18.2 Å². The highest BCUT2D eigenvalue weighted by Crippen LogP contribution is 2.30. The average molecular weight is 275 g/mol. The van der Waals surface area contributed by atoms with Crippen molar-refractivity contribution in [1.29, 1.82) is 0 Å². The molecule has 0 aliphatic carbocycles. The molecule has 0 fully saturated rings. The van der Waals surface area contributed by atoms with Crippen LogP contribution in [0.3, 0.4) is 0 Å². The molecule has 20 heavy (non-hydrogen) atoms. The van der Waals surface area contributed by atoms with Crippen molar-refractivity contribution in [2.75, 3.05) is 19.4 Å². The standard InChI is InChI=1S/C12H13N5O3/c1-13-8-4-3-5-10(11(8)17(19)20)16-7-6-9(15-16)12(18)14-2/h3-7,13H,1-2H3,(H,14,18). The Morgan fingerprint density at radius 3 is 2.70 bits per heavy atom. The number of nitro benzene ring substituents is 1. The molecule has 2 rings (SSSR count). The van der Waals surface area contributed by atoms with Crippen LogP contribution in [0.1, 0.15) is 10.5 Å². The maximum Gasteiger partial charge on any atom is 0.317 e. The number of rotatable bonds is 4. The summed E-state index contributed by atoms with van der Waals surface area (Å²) in [7, 11) is 3.09. The topological polar surface area (TPSA) is 102 Å². The minimum atomic E-state index is -0.484. The Labute approximate surface area is 114 Å². The summed E-state index contributed by atoms with van der Waals surface area (Å²) in [6, 6.07) is 6.34. The van der Waals surface area contributed by atoms with Crippen molar-refractivity contribution >= 4 is 17.3 Å². The van der Waals surface area contributed by atoms with Gasteiger partial charge in [-0.1, -0.05) is 6.07 Å². The van der Waals surface area contributed by atoms with E-state index in [-0.39, 0.29) is 23.0 Å². The van der Waals surface area contributed by atoms with Gasteiger partial charge in [0.25, 0.3) is 5.91 Å². The Bertz CT molecular complexity index is 665. The Balaban J connectivity index is 2.55. The van der Waals surface area contributed by atoms with Gasteiger partial charge in [0.2, 0.25) is 0 Å². The second kappa shape index (κ2) is 5.39. The van der Waals surface area contributed by atoms with E-state index in [0.717, 1.165) is 0 Å². The highest BCUT2D eigenvalue weighted by atomic mass is 16.6. The van der Waals surface area contributed by atoms with Crippen molar-refractivity contribution in [1.82, 2.24) is 15.1 Å². The minimum Gasteiger partial charge on any atom is -0.382 e. The summed E-state index contributed by atoms with van der Waals surface area (Å²) >= 11 is 0. The van der Waals surface area contributed by atoms with Gasteiger partial charge in [-0.25, -0.2) is 4.68 Å². The SMILES string of the molecule is CNC(=O)c1ccn(-c2cccc(NC)c2[N+](=O)[O-])n1. The quantitative estimate of drug-likeness (QED) is 0.644. The summed E-state index contributed by atoms with van der Waals surface area (Å²) in [5.74, 6) is -0.351. The smallest absolute Gasteiger partial charge is 0.317 e. The lowest BCUT2D eigenvalue weighted by atomic mass is 10.2. The van der Waals surface area contributed by atoms with Gasteiger partial charge in [-0.15, -0.1) is 0 Å². The molecule has 104 valence electrons. The molecule has 0 atom stereocenters. The molecular weight excluding hydrogens is 262 g/mol. The summed E-state index contributed by atoms with van der Waals surface area (Å²) in [5, 5.41) is 20.5. The van der Waals surface area contributed by atoms with Crippen LogP contribution in [0.5, 0.6) is 0 Å². The zero-order valence-corrected chi connectivity index (χ0v) is 11.0. The molecule has 1 heterocycles. The Kier molecular flexibility index (Phi) is 3.65. The number of hydrogen-bond acceptors (Lipinski definition) is 5. The van der Waals surface area contributed by atoms with Gasteiger partial charge in [0.15, 0.2) is 5.69 Å². The molecular formula is C12H13N5O3. The molecule has 0 aliphatic heterocycles. The molecule has 0 saturated carbocycles. The second-order valence-corrected chi connectivity index (χ2v) is 3.91. The van der Waals surface area contributed by atoms with Gasteiger partial charge >= 0.3 is 5.69 Å². The fourth-order valence-electron chi connectivity index (χ4n) is 1.82. The van der Waals surface area contributed by atoms with E-state index in [1.807, 2.05) is 0 Å². The van der Waals surface area contributed by atoms with Gasteiger partial charge in [0, 0.05) is 20.3 Å². The van der Waals surface area contributed by atoms with Crippen LogP contribution in [-0.4, -0.2) is 34.7 Å². The van der Waals surface area contributed by atoms with Crippen molar-refractivity contribution in [3.63, 3.8) is 0 Å². The fourth-order valence-corrected chi connectivity index (χ4v) is 1.82. The molecule has 8 nitrogen and oxygen atoms in total. The molecule has 1 amide bonds. The third kappa shape index (κ3) is 2.30. The molecule has 0 radical (unpaired) electrons. The number of aromatic nitrogens is 2. The van der Waals surface area contributed by atoms with Gasteiger partial charge in [0.1, 0.15) is 11.4 Å². The summed E-state index contributed by atoms with van der Waals surface area (Å²) in [4.78, 5) is 22.2. The van der Waals surface area contributed by atoms with E-state index in [4.69, 9.17) is 0 Å². The molecule has 0 spiro atoms. The molecule has 0 unspecified atom stereocenters. The molecule has 2 N–H and O–H groups in total. The van der Waals surface area contributed by atoms with E-state index in [1.54, 1.807) is 25.2 Å². The van der Waals surface area contributed by atoms with Crippen LogP contribution in [0.4, 0.5) is 11.4 Å². The summed E-state index contributed by atoms with van der Waals surface area (Å²) in [6.07, 6.45) is 1.51. The monoisotopic (exact) mass is 275 g/mol. The second-order valence-electron chi connectivity index (χ2n) is 3.91. The third-order valence-electron chi connectivity index (χ3n) is 2.76. The Morgan fingerprint density at radius 1 is 1.35 bits per heavy atom. The first kappa shape index (κ1) is 13.5. The fraction of sp³-hybridized carbons (Fsp3) is 0.167. The molecule has 8 heteroatoms. The van der Waals surface area contributed by atoms with E-state index in [1.165, 1.54) is 24.0 Å². The van der Waals surface area contributed by atoms with Crippen molar-refractivity contribution in [2.45, 2.75) is 0 Å². The van der Waals surface area contributed by atoms with E-state index in [2.05, 4.69) is 15.7 Å². The number of para-hydroxylation sites is 1. The van der Waals surface area contributed by atoms with Crippen molar-refractivity contribution in [2.24, 2.45) is 0 Å². The first-order chi connectivity index (χ1) is 9.58. The maximum atomic E-state index is 11.5. The van der Waals surface area contributed by atoms with Crippen LogP contribution in [0, 0.1) is 10.1 Å². The van der Waals surface area contributed by atoms with Crippen LogP contribution in [0.15, 0.2) is 30.5 Å². The highest BCUT2D eigenvalue weighted by molar-refractivity contribution is 5.92. The van der Waals surface area contributed by atoms with E-state index < -0.39 is 4.92 Å². The van der Waals surface area contributed by atoms with Gasteiger partial charge in [-0.3, -0.25) is 14.9 Å². The number of nitro groups is 1. The van der Waals surface area contributed by atoms with Crippen LogP contribution in [0.2, 0.25) is 0 Å². The Hall–Kier alpha value is -2.90. The molecule has 0 bridgehead atoms. The molecule has 1 aromatic carbocycles. The first-order valence-electron chi connectivity index (χ1n) is 5.81. The van der Waals surface area contributed by atoms with Gasteiger partial charge in [-0.2, -0.15) is 5.10 Å². The van der Waals surface area contributed by atoms with Crippen LogP contribution < -0.4 is 10.6 Å².